The molecule has 0 aliphatic carbocycles. The van der Waals surface area contributed by atoms with Crippen molar-refractivity contribution in [2.45, 2.75) is 13.3 Å². The monoisotopic (exact) mass is 133 g/mol. The summed E-state index contributed by atoms with van der Waals surface area (Å²) in [5.41, 5.74) is 0. The lowest BCUT2D eigenvalue weighted by Gasteiger charge is -1.97. The van der Waals surface area contributed by atoms with Gasteiger partial charge in [-0.3, -0.25) is 4.79 Å². The lowest BCUT2D eigenvalue weighted by Crippen LogP contribution is -2.23. The van der Waals surface area contributed by atoms with Crippen molar-refractivity contribution < 1.29 is 4.79 Å². The number of hydrogen-bond donors (Lipinski definition) is 1. The van der Waals surface area contributed by atoms with Gasteiger partial charge in [0.25, 0.3) is 0 Å². The van der Waals surface area contributed by atoms with Crippen LogP contribution in [0.5, 0.6) is 0 Å². The first-order chi connectivity index (χ1) is 3.81. The predicted octanol–water partition coefficient (Wildman–Crippen LogP) is 0.388. The number of carbonyl (C=O) groups is 1. The molecule has 0 bridgehead atoms. The molecule has 8 heavy (non-hydrogen) atoms. The van der Waals surface area contributed by atoms with E-state index in [2.05, 4.69) is 14.6 Å². The van der Waals surface area contributed by atoms with Crippen LogP contribution in [-0.4, -0.2) is 18.6 Å². The number of amides is 1. The van der Waals surface area contributed by atoms with Crippen molar-refractivity contribution in [3.63, 3.8) is 0 Å². The molecule has 1 unspecified atom stereocenters. The molecule has 1 amide bonds. The normalized spacial score (nSPS) is 8.75. The van der Waals surface area contributed by atoms with E-state index >= 15 is 0 Å². The van der Waals surface area contributed by atoms with Crippen molar-refractivity contribution in [3.05, 3.63) is 0 Å². The summed E-state index contributed by atoms with van der Waals surface area (Å²) in [6.45, 7) is 2.62. The summed E-state index contributed by atoms with van der Waals surface area (Å²) in [5, 5.41) is 2.72. The summed E-state index contributed by atoms with van der Waals surface area (Å²) in [6.07, 6.45) is 1.52. The van der Waals surface area contributed by atoms with Gasteiger partial charge in [0.1, 0.15) is 0 Å². The summed E-state index contributed by atoms with van der Waals surface area (Å²) in [4.78, 5) is 10.5. The van der Waals surface area contributed by atoms with Crippen LogP contribution in [0.15, 0.2) is 0 Å². The molecule has 0 aromatic carbocycles. The Morgan fingerprint density at radius 1 is 1.75 bits per heavy atom. The summed E-state index contributed by atoms with van der Waals surface area (Å²) < 4.78 is 0. The van der Waals surface area contributed by atoms with Gasteiger partial charge in [-0.05, 0) is 6.16 Å². The van der Waals surface area contributed by atoms with Gasteiger partial charge in [-0.2, -0.15) is 0 Å². The highest BCUT2D eigenvalue weighted by Crippen LogP contribution is 1.77. The maximum atomic E-state index is 10.5. The second-order valence-corrected chi connectivity index (χ2v) is 2.07. The Labute approximate surface area is 52.2 Å². The molecule has 0 heterocycles. The smallest absolute Gasteiger partial charge is 0.219 e. The summed E-state index contributed by atoms with van der Waals surface area (Å²) in [7, 11) is 2.55. The van der Waals surface area contributed by atoms with Gasteiger partial charge in [-0.1, -0.05) is 6.92 Å². The average Bonchev–Trinajstić information content (AvgIpc) is 1.83. The van der Waals surface area contributed by atoms with E-state index in [1.165, 1.54) is 0 Å². The fourth-order valence-electron chi connectivity index (χ4n) is 0.337. The van der Waals surface area contributed by atoms with Crippen LogP contribution in [0.3, 0.4) is 0 Å². The minimum atomic E-state index is 0.132. The molecule has 0 saturated carbocycles. The third-order valence-electron chi connectivity index (χ3n) is 0.788. The molecule has 3 heteroatoms. The van der Waals surface area contributed by atoms with E-state index in [9.17, 15) is 4.79 Å². The zero-order chi connectivity index (χ0) is 6.41. The van der Waals surface area contributed by atoms with Crippen LogP contribution in [0, 0.1) is 0 Å². The molecule has 0 rings (SSSR count). The van der Waals surface area contributed by atoms with Crippen molar-refractivity contribution in [1.29, 1.82) is 0 Å². The van der Waals surface area contributed by atoms with Crippen LogP contribution in [0.2, 0.25) is 0 Å². The minimum absolute atomic E-state index is 0.132. The minimum Gasteiger partial charge on any atom is -0.356 e. The zero-order valence-corrected chi connectivity index (χ0v) is 6.26. The molecular weight excluding hydrogens is 121 g/mol. The van der Waals surface area contributed by atoms with Crippen LogP contribution in [0.25, 0.3) is 0 Å². The number of carbonyl (C=O) groups excluding carboxylic acids is 1. The lowest BCUT2D eigenvalue weighted by atomic mass is 10.4. The van der Waals surface area contributed by atoms with Gasteiger partial charge in [0.2, 0.25) is 5.91 Å². The second-order valence-electron chi connectivity index (χ2n) is 1.49. The standard InChI is InChI=1S/C5H12NOP/c1-2-5(7)6-3-4-8/h2-4,8H2,1H3,(H,6,7). The molecule has 0 aromatic rings. The van der Waals surface area contributed by atoms with Gasteiger partial charge in [0.05, 0.1) is 0 Å². The van der Waals surface area contributed by atoms with E-state index in [-0.39, 0.29) is 5.91 Å². The molecule has 48 valence electrons. The molecule has 0 aromatic heterocycles. The summed E-state index contributed by atoms with van der Waals surface area (Å²) in [5.74, 6) is 0.132. The van der Waals surface area contributed by atoms with Gasteiger partial charge in [-0.15, -0.1) is 9.24 Å². The molecule has 0 aliphatic rings. The Balaban J connectivity index is 2.99. The first kappa shape index (κ1) is 7.90. The lowest BCUT2D eigenvalue weighted by molar-refractivity contribution is -0.120. The van der Waals surface area contributed by atoms with Crippen LogP contribution in [0.1, 0.15) is 13.3 Å². The fraction of sp³-hybridized carbons (Fsp3) is 0.800. The molecule has 1 N–H and O–H groups in total. The van der Waals surface area contributed by atoms with Gasteiger partial charge in [0, 0.05) is 13.0 Å². The average molecular weight is 133 g/mol. The zero-order valence-electron chi connectivity index (χ0n) is 5.11. The Morgan fingerprint density at radius 3 is 2.75 bits per heavy atom. The first-order valence-corrected chi connectivity index (χ1v) is 3.59. The molecule has 1 atom stereocenters. The third kappa shape index (κ3) is 4.07. The molecule has 0 fully saturated rings. The van der Waals surface area contributed by atoms with E-state index in [1.54, 1.807) is 0 Å². The van der Waals surface area contributed by atoms with Crippen molar-refractivity contribution in [1.82, 2.24) is 5.32 Å². The molecular formula is C5H12NOP. The van der Waals surface area contributed by atoms with Gasteiger partial charge in [-0.25, -0.2) is 0 Å². The van der Waals surface area contributed by atoms with Crippen molar-refractivity contribution in [3.8, 4) is 0 Å². The Kier molecular flexibility index (Phi) is 4.98. The van der Waals surface area contributed by atoms with Crippen molar-refractivity contribution in [2.75, 3.05) is 12.7 Å². The summed E-state index contributed by atoms with van der Waals surface area (Å²) >= 11 is 0. The highest BCUT2D eigenvalue weighted by atomic mass is 31.0. The molecule has 0 saturated heterocycles. The Bertz CT molecular complexity index is 74.8. The molecule has 0 spiro atoms. The molecule has 2 nitrogen and oxygen atoms in total. The molecule has 0 radical (unpaired) electrons. The van der Waals surface area contributed by atoms with Crippen LogP contribution in [0.4, 0.5) is 0 Å². The quantitative estimate of drug-likeness (QED) is 0.554. The number of nitrogens with one attached hydrogen (secondary N) is 1. The van der Waals surface area contributed by atoms with E-state index in [0.717, 1.165) is 12.7 Å². The van der Waals surface area contributed by atoms with Crippen molar-refractivity contribution >= 4 is 15.1 Å². The van der Waals surface area contributed by atoms with Crippen LogP contribution >= 0.6 is 9.24 Å². The Hall–Kier alpha value is -0.100. The van der Waals surface area contributed by atoms with Crippen molar-refractivity contribution in [2.24, 2.45) is 0 Å². The van der Waals surface area contributed by atoms with Crippen LogP contribution in [-0.2, 0) is 4.79 Å². The van der Waals surface area contributed by atoms with E-state index in [4.69, 9.17) is 0 Å². The van der Waals surface area contributed by atoms with Gasteiger partial charge < -0.3 is 5.32 Å². The van der Waals surface area contributed by atoms with Gasteiger partial charge in [0.15, 0.2) is 0 Å². The maximum absolute atomic E-state index is 10.5. The number of hydrogen-bond acceptors (Lipinski definition) is 1. The van der Waals surface area contributed by atoms with Crippen LogP contribution < -0.4 is 5.32 Å². The topological polar surface area (TPSA) is 29.1 Å². The SMILES string of the molecule is CCC(=O)NCCP. The Morgan fingerprint density at radius 2 is 2.38 bits per heavy atom. The number of rotatable bonds is 3. The van der Waals surface area contributed by atoms with E-state index in [0.29, 0.717) is 6.42 Å². The second kappa shape index (κ2) is 5.04. The predicted molar refractivity (Wildman–Crippen MR) is 37.9 cm³/mol. The largest absolute Gasteiger partial charge is 0.356 e. The highest BCUT2D eigenvalue weighted by molar-refractivity contribution is 7.16. The van der Waals surface area contributed by atoms with Gasteiger partial charge >= 0.3 is 0 Å². The van der Waals surface area contributed by atoms with E-state index in [1.807, 2.05) is 6.92 Å². The fourth-order valence-corrected chi connectivity index (χ4v) is 0.481. The maximum Gasteiger partial charge on any atom is 0.219 e. The molecule has 0 aliphatic heterocycles. The van der Waals surface area contributed by atoms with E-state index < -0.39 is 0 Å². The first-order valence-electron chi connectivity index (χ1n) is 2.78. The highest BCUT2D eigenvalue weighted by Gasteiger charge is 1.90. The third-order valence-corrected chi connectivity index (χ3v) is 1.08. The summed E-state index contributed by atoms with van der Waals surface area (Å²) in [6, 6.07) is 0.